The van der Waals surface area contributed by atoms with Crippen molar-refractivity contribution in [3.63, 3.8) is 0 Å². The Morgan fingerprint density at radius 1 is 1.71 bits per heavy atom. The summed E-state index contributed by atoms with van der Waals surface area (Å²) in [6.45, 7) is 5.62. The first-order valence-corrected chi connectivity index (χ1v) is 5.58. The van der Waals surface area contributed by atoms with Crippen LogP contribution in [0.2, 0.25) is 0 Å². The summed E-state index contributed by atoms with van der Waals surface area (Å²) in [6, 6.07) is 1.10. The molecular formula is C11H19N3. The summed E-state index contributed by atoms with van der Waals surface area (Å²) in [4.78, 5) is 4.26. The summed E-state index contributed by atoms with van der Waals surface area (Å²) in [7, 11) is 0. The van der Waals surface area contributed by atoms with Gasteiger partial charge in [0.15, 0.2) is 0 Å². The molecule has 3 heteroatoms. The molecule has 3 nitrogen and oxygen atoms in total. The fourth-order valence-corrected chi connectivity index (χ4v) is 2.09. The molecule has 0 aliphatic carbocycles. The fraction of sp³-hybridized carbons (Fsp3) is 0.727. The largest absolute Gasteiger partial charge is 0.330 e. The number of nitrogens with one attached hydrogen (secondary N) is 1. The zero-order valence-corrected chi connectivity index (χ0v) is 9.03. The maximum absolute atomic E-state index is 4.26. The van der Waals surface area contributed by atoms with Gasteiger partial charge in [0.05, 0.1) is 12.0 Å². The van der Waals surface area contributed by atoms with Crippen molar-refractivity contribution in [2.75, 3.05) is 6.54 Å². The van der Waals surface area contributed by atoms with Crippen LogP contribution in [0.25, 0.3) is 0 Å². The summed E-state index contributed by atoms with van der Waals surface area (Å²) in [5, 5.41) is 3.52. The fourth-order valence-electron chi connectivity index (χ4n) is 2.09. The molecule has 0 spiro atoms. The lowest BCUT2D eigenvalue weighted by molar-refractivity contribution is 0.480. The third kappa shape index (κ3) is 1.69. The predicted molar refractivity (Wildman–Crippen MR) is 57.2 cm³/mol. The van der Waals surface area contributed by atoms with Gasteiger partial charge in [0, 0.05) is 18.3 Å². The Kier molecular flexibility index (Phi) is 2.87. The van der Waals surface area contributed by atoms with Crippen molar-refractivity contribution in [1.29, 1.82) is 0 Å². The molecule has 0 radical (unpaired) electrons. The Morgan fingerprint density at radius 2 is 2.57 bits per heavy atom. The quantitative estimate of drug-likeness (QED) is 0.798. The Bertz CT molecular complexity index is 286. The van der Waals surface area contributed by atoms with E-state index in [1.54, 1.807) is 0 Å². The first kappa shape index (κ1) is 9.71. The monoisotopic (exact) mass is 193 g/mol. The lowest BCUT2D eigenvalue weighted by Gasteiger charge is -2.18. The van der Waals surface area contributed by atoms with E-state index in [-0.39, 0.29) is 0 Å². The maximum atomic E-state index is 4.26. The number of rotatable bonds is 3. The minimum absolute atomic E-state index is 0.534. The summed E-state index contributed by atoms with van der Waals surface area (Å²) in [5.41, 5.74) is 1.36. The highest BCUT2D eigenvalue weighted by atomic mass is 15.1. The molecule has 1 aliphatic rings. The highest BCUT2D eigenvalue weighted by Gasteiger charge is 2.20. The number of aromatic nitrogens is 2. The van der Waals surface area contributed by atoms with Gasteiger partial charge < -0.3 is 9.88 Å². The van der Waals surface area contributed by atoms with Crippen LogP contribution >= 0.6 is 0 Å². The van der Waals surface area contributed by atoms with Crippen LogP contribution in [0.3, 0.4) is 0 Å². The van der Waals surface area contributed by atoms with Crippen LogP contribution < -0.4 is 5.32 Å². The predicted octanol–water partition coefficient (Wildman–Crippen LogP) is 2.28. The maximum Gasteiger partial charge on any atom is 0.0951 e. The molecule has 0 saturated carbocycles. The van der Waals surface area contributed by atoms with E-state index < -0.39 is 0 Å². The van der Waals surface area contributed by atoms with Crippen LogP contribution in [0.4, 0.5) is 0 Å². The Balaban J connectivity index is 2.19. The van der Waals surface area contributed by atoms with Gasteiger partial charge in [-0.1, -0.05) is 6.92 Å². The second-order valence-corrected chi connectivity index (χ2v) is 4.13. The molecule has 1 N–H and O–H groups in total. The topological polar surface area (TPSA) is 29.9 Å². The van der Waals surface area contributed by atoms with Gasteiger partial charge in [0.1, 0.15) is 0 Å². The van der Waals surface area contributed by atoms with E-state index in [9.17, 15) is 0 Å². The normalized spacial score (nSPS) is 24.0. The van der Waals surface area contributed by atoms with Gasteiger partial charge in [0.2, 0.25) is 0 Å². The van der Waals surface area contributed by atoms with Gasteiger partial charge >= 0.3 is 0 Å². The molecular weight excluding hydrogens is 174 g/mol. The molecule has 2 unspecified atom stereocenters. The van der Waals surface area contributed by atoms with Gasteiger partial charge in [-0.15, -0.1) is 0 Å². The first-order chi connectivity index (χ1) is 6.83. The molecule has 14 heavy (non-hydrogen) atoms. The average molecular weight is 193 g/mol. The van der Waals surface area contributed by atoms with Crippen molar-refractivity contribution in [3.8, 4) is 0 Å². The van der Waals surface area contributed by atoms with Crippen molar-refractivity contribution >= 4 is 0 Å². The average Bonchev–Trinajstić information content (AvgIpc) is 2.85. The molecule has 1 saturated heterocycles. The van der Waals surface area contributed by atoms with Crippen LogP contribution in [0, 0.1) is 0 Å². The smallest absolute Gasteiger partial charge is 0.0951 e. The van der Waals surface area contributed by atoms with Crippen molar-refractivity contribution < 1.29 is 0 Å². The third-order valence-electron chi connectivity index (χ3n) is 3.18. The Hall–Kier alpha value is -0.830. The second-order valence-electron chi connectivity index (χ2n) is 4.13. The third-order valence-corrected chi connectivity index (χ3v) is 3.18. The number of hydrogen-bond donors (Lipinski definition) is 1. The van der Waals surface area contributed by atoms with E-state index in [2.05, 4.69) is 28.7 Å². The lowest BCUT2D eigenvalue weighted by Crippen LogP contribution is -2.18. The highest BCUT2D eigenvalue weighted by Crippen LogP contribution is 2.25. The first-order valence-electron chi connectivity index (χ1n) is 5.58. The Morgan fingerprint density at radius 3 is 3.21 bits per heavy atom. The summed E-state index contributed by atoms with van der Waals surface area (Å²) in [6.07, 6.45) is 7.67. The summed E-state index contributed by atoms with van der Waals surface area (Å²) in [5.74, 6) is 0. The van der Waals surface area contributed by atoms with Crippen molar-refractivity contribution in [2.24, 2.45) is 0 Å². The van der Waals surface area contributed by atoms with Crippen LogP contribution in [-0.4, -0.2) is 16.1 Å². The summed E-state index contributed by atoms with van der Waals surface area (Å²) >= 11 is 0. The molecule has 0 aromatic carbocycles. The van der Waals surface area contributed by atoms with E-state index in [1.807, 2.05) is 12.5 Å². The molecule has 1 aliphatic heterocycles. The standard InChI is InChI=1S/C11H19N3/c1-3-9(2)14-8-12-7-11(14)10-5-4-6-13-10/h7-10,13H,3-6H2,1-2H3. The second kappa shape index (κ2) is 4.13. The van der Waals surface area contributed by atoms with Crippen LogP contribution in [-0.2, 0) is 0 Å². The molecule has 78 valence electrons. The molecule has 0 amide bonds. The van der Waals surface area contributed by atoms with Crippen LogP contribution in [0.5, 0.6) is 0 Å². The molecule has 1 aromatic heterocycles. The van der Waals surface area contributed by atoms with E-state index >= 15 is 0 Å². The van der Waals surface area contributed by atoms with E-state index in [1.165, 1.54) is 18.5 Å². The van der Waals surface area contributed by atoms with E-state index in [4.69, 9.17) is 0 Å². The molecule has 0 bridgehead atoms. The van der Waals surface area contributed by atoms with E-state index in [0.29, 0.717) is 12.1 Å². The number of imidazole rings is 1. The van der Waals surface area contributed by atoms with Gasteiger partial charge in [-0.3, -0.25) is 0 Å². The molecule has 2 heterocycles. The van der Waals surface area contributed by atoms with Gasteiger partial charge in [-0.2, -0.15) is 0 Å². The minimum Gasteiger partial charge on any atom is -0.330 e. The van der Waals surface area contributed by atoms with Crippen LogP contribution in [0.1, 0.15) is 50.9 Å². The number of nitrogens with zero attached hydrogens (tertiary/aromatic N) is 2. The molecule has 2 rings (SSSR count). The molecule has 1 aromatic rings. The van der Waals surface area contributed by atoms with Crippen molar-refractivity contribution in [1.82, 2.24) is 14.9 Å². The molecule has 2 atom stereocenters. The van der Waals surface area contributed by atoms with Crippen LogP contribution in [0.15, 0.2) is 12.5 Å². The lowest BCUT2D eigenvalue weighted by atomic mass is 10.1. The van der Waals surface area contributed by atoms with Gasteiger partial charge in [-0.25, -0.2) is 4.98 Å². The Labute approximate surface area is 85.5 Å². The SMILES string of the molecule is CCC(C)n1cncc1C1CCCN1. The number of hydrogen-bond acceptors (Lipinski definition) is 2. The minimum atomic E-state index is 0.534. The highest BCUT2D eigenvalue weighted by molar-refractivity contribution is 5.08. The zero-order chi connectivity index (χ0) is 9.97. The van der Waals surface area contributed by atoms with Crippen molar-refractivity contribution in [2.45, 2.75) is 45.2 Å². The zero-order valence-electron chi connectivity index (χ0n) is 9.03. The van der Waals surface area contributed by atoms with E-state index in [0.717, 1.165) is 13.0 Å². The van der Waals surface area contributed by atoms with Gasteiger partial charge in [-0.05, 0) is 32.7 Å². The molecule has 1 fully saturated rings. The van der Waals surface area contributed by atoms with Gasteiger partial charge in [0.25, 0.3) is 0 Å². The van der Waals surface area contributed by atoms with Crippen molar-refractivity contribution in [3.05, 3.63) is 18.2 Å². The summed E-state index contributed by atoms with van der Waals surface area (Å²) < 4.78 is 2.31.